The van der Waals surface area contributed by atoms with Crippen molar-refractivity contribution < 1.29 is 0 Å². The minimum Gasteiger partial charge on any atom is -0.382 e. The van der Waals surface area contributed by atoms with Crippen molar-refractivity contribution in [2.45, 2.75) is 19.8 Å². The van der Waals surface area contributed by atoms with Crippen molar-refractivity contribution in [1.29, 1.82) is 0 Å². The summed E-state index contributed by atoms with van der Waals surface area (Å²) in [5.41, 5.74) is 6.67. The second-order valence-electron chi connectivity index (χ2n) is 3.58. The van der Waals surface area contributed by atoms with Crippen LogP contribution >= 0.6 is 11.6 Å². The van der Waals surface area contributed by atoms with Gasteiger partial charge in [-0.1, -0.05) is 31.5 Å². The molecule has 0 aliphatic heterocycles. The monoisotopic (exact) mass is 209 g/mol. The van der Waals surface area contributed by atoms with Gasteiger partial charge in [0.15, 0.2) is 0 Å². The molecule has 2 aromatic rings. The second-order valence-corrected chi connectivity index (χ2v) is 3.97. The maximum Gasteiger partial charge on any atom is 0.149 e. The Morgan fingerprint density at radius 1 is 1.43 bits per heavy atom. The Balaban J connectivity index is 2.86. The number of nitrogens with zero attached hydrogens (tertiary/aromatic N) is 2. The van der Waals surface area contributed by atoms with Gasteiger partial charge in [-0.05, 0) is 12.1 Å². The number of pyridine rings is 1. The standard InChI is InChI=1S/C10H12ClN3/c1-6(2)10-13-9(12)7-4-3-5-8(11)14(7)10/h3-6H,12H2,1-2H3. The molecule has 0 saturated heterocycles. The number of fused-ring (bicyclic) bond motifs is 1. The van der Waals surface area contributed by atoms with Crippen LogP contribution in [0.3, 0.4) is 0 Å². The Morgan fingerprint density at radius 2 is 2.14 bits per heavy atom. The highest BCUT2D eigenvalue weighted by atomic mass is 35.5. The fourth-order valence-electron chi connectivity index (χ4n) is 1.53. The quantitative estimate of drug-likeness (QED) is 0.734. The van der Waals surface area contributed by atoms with Gasteiger partial charge in [0.25, 0.3) is 0 Å². The van der Waals surface area contributed by atoms with Crippen LogP contribution in [0.4, 0.5) is 5.82 Å². The molecule has 0 unspecified atom stereocenters. The molecule has 0 spiro atoms. The lowest BCUT2D eigenvalue weighted by Gasteiger charge is -2.05. The van der Waals surface area contributed by atoms with Crippen LogP contribution in [0.15, 0.2) is 18.2 Å². The number of anilines is 1. The van der Waals surface area contributed by atoms with Gasteiger partial charge in [-0.3, -0.25) is 4.40 Å². The number of imidazole rings is 1. The highest BCUT2D eigenvalue weighted by Gasteiger charge is 2.13. The first kappa shape index (κ1) is 9.34. The lowest BCUT2D eigenvalue weighted by atomic mass is 10.2. The SMILES string of the molecule is CC(C)c1nc(N)c2cccc(Cl)n12. The van der Waals surface area contributed by atoms with Crippen LogP contribution in [0.5, 0.6) is 0 Å². The summed E-state index contributed by atoms with van der Waals surface area (Å²) in [6.45, 7) is 4.13. The molecule has 0 fully saturated rings. The van der Waals surface area contributed by atoms with Crippen LogP contribution in [-0.2, 0) is 0 Å². The van der Waals surface area contributed by atoms with Crippen LogP contribution in [0, 0.1) is 0 Å². The average Bonchev–Trinajstić information content (AvgIpc) is 2.46. The van der Waals surface area contributed by atoms with E-state index in [-0.39, 0.29) is 0 Å². The minimum absolute atomic E-state index is 0.305. The third-order valence-corrected chi connectivity index (χ3v) is 2.48. The van der Waals surface area contributed by atoms with E-state index in [2.05, 4.69) is 18.8 Å². The topological polar surface area (TPSA) is 43.3 Å². The fraction of sp³-hybridized carbons (Fsp3) is 0.300. The summed E-state index contributed by atoms with van der Waals surface area (Å²) in [6, 6.07) is 5.63. The molecule has 2 N–H and O–H groups in total. The molecule has 4 heteroatoms. The molecule has 3 nitrogen and oxygen atoms in total. The Hall–Kier alpha value is -1.22. The molecule has 74 valence electrons. The summed E-state index contributed by atoms with van der Waals surface area (Å²) in [7, 11) is 0. The van der Waals surface area contributed by atoms with Crippen LogP contribution in [0.2, 0.25) is 5.15 Å². The number of halogens is 1. The van der Waals surface area contributed by atoms with Crippen molar-refractivity contribution in [2.75, 3.05) is 5.73 Å². The van der Waals surface area contributed by atoms with E-state index in [9.17, 15) is 0 Å². The molecular weight excluding hydrogens is 198 g/mol. The van der Waals surface area contributed by atoms with E-state index in [0.717, 1.165) is 11.3 Å². The molecule has 2 rings (SSSR count). The molecule has 0 bridgehead atoms. The van der Waals surface area contributed by atoms with Crippen molar-refractivity contribution in [3.63, 3.8) is 0 Å². The predicted molar refractivity (Wildman–Crippen MR) is 58.7 cm³/mol. The summed E-state index contributed by atoms with van der Waals surface area (Å²) in [4.78, 5) is 4.31. The van der Waals surface area contributed by atoms with E-state index in [1.807, 2.05) is 22.6 Å². The van der Waals surface area contributed by atoms with Crippen LogP contribution in [-0.4, -0.2) is 9.38 Å². The molecule has 14 heavy (non-hydrogen) atoms. The van der Waals surface area contributed by atoms with E-state index in [0.29, 0.717) is 16.9 Å². The molecule has 0 aromatic carbocycles. The number of nitrogens with two attached hydrogens (primary N) is 1. The maximum atomic E-state index is 6.09. The Kier molecular flexibility index (Phi) is 2.11. The summed E-state index contributed by atoms with van der Waals surface area (Å²) >= 11 is 6.09. The Morgan fingerprint density at radius 3 is 2.79 bits per heavy atom. The molecular formula is C10H12ClN3. The third-order valence-electron chi connectivity index (χ3n) is 2.19. The first-order valence-electron chi connectivity index (χ1n) is 4.53. The zero-order valence-electron chi connectivity index (χ0n) is 8.16. The van der Waals surface area contributed by atoms with Gasteiger partial charge in [0.1, 0.15) is 16.8 Å². The number of hydrogen-bond donors (Lipinski definition) is 1. The van der Waals surface area contributed by atoms with Crippen LogP contribution < -0.4 is 5.73 Å². The summed E-state index contributed by atoms with van der Waals surface area (Å²) < 4.78 is 1.89. The minimum atomic E-state index is 0.305. The van der Waals surface area contributed by atoms with Crippen LogP contribution in [0.1, 0.15) is 25.6 Å². The van der Waals surface area contributed by atoms with E-state index in [1.165, 1.54) is 0 Å². The highest BCUT2D eigenvalue weighted by Crippen LogP contribution is 2.24. The summed E-state index contributed by atoms with van der Waals surface area (Å²) in [5.74, 6) is 1.75. The normalized spacial score (nSPS) is 11.4. The van der Waals surface area contributed by atoms with Crippen molar-refractivity contribution in [3.05, 3.63) is 29.2 Å². The number of hydrogen-bond acceptors (Lipinski definition) is 2. The summed E-state index contributed by atoms with van der Waals surface area (Å²) in [6.07, 6.45) is 0. The van der Waals surface area contributed by atoms with Crippen molar-refractivity contribution in [1.82, 2.24) is 9.38 Å². The molecule has 0 saturated carbocycles. The molecule has 0 amide bonds. The lowest BCUT2D eigenvalue weighted by molar-refractivity contribution is 0.771. The first-order valence-corrected chi connectivity index (χ1v) is 4.91. The average molecular weight is 210 g/mol. The highest BCUT2D eigenvalue weighted by molar-refractivity contribution is 6.29. The molecule has 0 radical (unpaired) electrons. The lowest BCUT2D eigenvalue weighted by Crippen LogP contribution is -1.97. The van der Waals surface area contributed by atoms with Gasteiger partial charge in [0, 0.05) is 5.92 Å². The predicted octanol–water partition coefficient (Wildman–Crippen LogP) is 2.69. The zero-order valence-corrected chi connectivity index (χ0v) is 8.92. The van der Waals surface area contributed by atoms with E-state index >= 15 is 0 Å². The fourth-order valence-corrected chi connectivity index (χ4v) is 1.78. The summed E-state index contributed by atoms with van der Waals surface area (Å²) in [5, 5.41) is 0.649. The molecule has 0 aliphatic carbocycles. The molecule has 2 heterocycles. The molecule has 0 atom stereocenters. The van der Waals surface area contributed by atoms with Crippen LogP contribution in [0.25, 0.3) is 5.52 Å². The van der Waals surface area contributed by atoms with Gasteiger partial charge in [-0.15, -0.1) is 0 Å². The van der Waals surface area contributed by atoms with Gasteiger partial charge < -0.3 is 5.73 Å². The van der Waals surface area contributed by atoms with E-state index in [1.54, 1.807) is 0 Å². The maximum absolute atomic E-state index is 6.09. The third kappa shape index (κ3) is 1.24. The van der Waals surface area contributed by atoms with Gasteiger partial charge in [-0.25, -0.2) is 4.98 Å². The number of nitrogen functional groups attached to an aromatic ring is 1. The second kappa shape index (κ2) is 3.17. The number of rotatable bonds is 1. The van der Waals surface area contributed by atoms with Gasteiger partial charge in [-0.2, -0.15) is 0 Å². The van der Waals surface area contributed by atoms with E-state index < -0.39 is 0 Å². The largest absolute Gasteiger partial charge is 0.382 e. The van der Waals surface area contributed by atoms with Gasteiger partial charge in [0.2, 0.25) is 0 Å². The number of aromatic nitrogens is 2. The van der Waals surface area contributed by atoms with Crippen molar-refractivity contribution in [3.8, 4) is 0 Å². The van der Waals surface area contributed by atoms with Crippen molar-refractivity contribution in [2.24, 2.45) is 0 Å². The van der Waals surface area contributed by atoms with Gasteiger partial charge >= 0.3 is 0 Å². The molecule has 2 aromatic heterocycles. The zero-order chi connectivity index (χ0) is 10.3. The Bertz CT molecular complexity index is 473. The van der Waals surface area contributed by atoms with Crippen molar-refractivity contribution >= 4 is 22.9 Å². The molecule has 0 aliphatic rings. The Labute approximate surface area is 87.5 Å². The van der Waals surface area contributed by atoms with E-state index in [4.69, 9.17) is 17.3 Å². The smallest absolute Gasteiger partial charge is 0.149 e. The van der Waals surface area contributed by atoms with Gasteiger partial charge in [0.05, 0.1) is 5.52 Å². The first-order chi connectivity index (χ1) is 6.61.